The number of allylic oxidation sites excluding steroid dienone is 3. The van der Waals surface area contributed by atoms with E-state index in [1.165, 1.54) is 0 Å². The number of hydrogen-bond donors (Lipinski definition) is 0. The fourth-order valence-corrected chi connectivity index (χ4v) is 2.03. The van der Waals surface area contributed by atoms with Gasteiger partial charge in [-0.15, -0.1) is 0 Å². The van der Waals surface area contributed by atoms with E-state index in [9.17, 15) is 5.26 Å². The van der Waals surface area contributed by atoms with Crippen molar-refractivity contribution in [3.63, 3.8) is 0 Å². The summed E-state index contributed by atoms with van der Waals surface area (Å²) in [6.45, 7) is 1.99. The zero-order chi connectivity index (χ0) is 15.1. The maximum Gasteiger partial charge on any atom is 0.118 e. The Morgan fingerprint density at radius 1 is 1.05 bits per heavy atom. The lowest BCUT2D eigenvalue weighted by Crippen LogP contribution is -1.85. The number of ether oxygens (including phenoxy) is 1. The lowest BCUT2D eigenvalue weighted by molar-refractivity contribution is 0.415. The zero-order valence-electron chi connectivity index (χ0n) is 12.2. The molecule has 0 atom stereocenters. The molecule has 0 N–H and O–H groups in total. The van der Waals surface area contributed by atoms with Gasteiger partial charge >= 0.3 is 0 Å². The smallest absolute Gasteiger partial charge is 0.118 e. The summed E-state index contributed by atoms with van der Waals surface area (Å²) in [6, 6.07) is 19.8. The van der Waals surface area contributed by atoms with E-state index in [-0.39, 0.29) is 0 Å². The molecule has 2 aromatic rings. The van der Waals surface area contributed by atoms with Crippen molar-refractivity contribution in [1.82, 2.24) is 0 Å². The van der Waals surface area contributed by atoms with E-state index in [0.29, 0.717) is 5.57 Å². The van der Waals surface area contributed by atoms with Crippen molar-refractivity contribution >= 4 is 11.6 Å². The van der Waals surface area contributed by atoms with Crippen molar-refractivity contribution in [2.24, 2.45) is 0 Å². The van der Waals surface area contributed by atoms with Crippen LogP contribution in [0.25, 0.3) is 11.6 Å². The van der Waals surface area contributed by atoms with Crippen LogP contribution >= 0.6 is 0 Å². The molecule has 0 aromatic heterocycles. The fourth-order valence-electron chi connectivity index (χ4n) is 2.03. The molecule has 0 aliphatic carbocycles. The molecule has 0 saturated carbocycles. The van der Waals surface area contributed by atoms with Crippen LogP contribution in [-0.4, -0.2) is 7.11 Å². The molecule has 0 bridgehead atoms. The molecule has 0 unspecified atom stereocenters. The molecule has 21 heavy (non-hydrogen) atoms. The van der Waals surface area contributed by atoms with Crippen LogP contribution in [0.1, 0.15) is 18.1 Å². The van der Waals surface area contributed by atoms with Crippen molar-refractivity contribution < 1.29 is 4.74 Å². The van der Waals surface area contributed by atoms with Crippen LogP contribution in [0, 0.1) is 11.3 Å². The Hall–Kier alpha value is -2.79. The van der Waals surface area contributed by atoms with Crippen molar-refractivity contribution in [3.05, 3.63) is 77.4 Å². The fraction of sp³-hybridized carbons (Fsp3) is 0.105. The minimum absolute atomic E-state index is 0.641. The molecule has 0 aliphatic heterocycles. The maximum atomic E-state index is 9.34. The Morgan fingerprint density at radius 2 is 1.71 bits per heavy atom. The predicted octanol–water partition coefficient (Wildman–Crippen LogP) is 4.71. The Balaban J connectivity index is 2.27. The van der Waals surface area contributed by atoms with Crippen LogP contribution in [-0.2, 0) is 0 Å². The molecule has 2 nitrogen and oxygen atoms in total. The molecule has 0 aliphatic rings. The van der Waals surface area contributed by atoms with Gasteiger partial charge in [0.2, 0.25) is 0 Å². The van der Waals surface area contributed by atoms with Gasteiger partial charge in [0.05, 0.1) is 18.8 Å². The molecule has 0 spiro atoms. The molecule has 104 valence electrons. The SMILES string of the molecule is COc1ccc(C(C#N)=CC(C)=Cc2ccccc2)cc1. The highest BCUT2D eigenvalue weighted by Gasteiger charge is 2.01. The Labute approximate surface area is 125 Å². The van der Waals surface area contributed by atoms with Gasteiger partial charge in [0.1, 0.15) is 5.75 Å². The van der Waals surface area contributed by atoms with Gasteiger partial charge in [-0.25, -0.2) is 0 Å². The third-order valence-corrected chi connectivity index (χ3v) is 3.09. The minimum atomic E-state index is 0.641. The molecule has 0 heterocycles. The molecule has 0 radical (unpaired) electrons. The van der Waals surface area contributed by atoms with Gasteiger partial charge in [0.25, 0.3) is 0 Å². The van der Waals surface area contributed by atoms with E-state index >= 15 is 0 Å². The first kappa shape index (κ1) is 14.6. The summed E-state index contributed by atoms with van der Waals surface area (Å²) in [7, 11) is 1.63. The summed E-state index contributed by atoms with van der Waals surface area (Å²) in [5, 5.41) is 9.34. The second-order valence-electron chi connectivity index (χ2n) is 4.70. The zero-order valence-corrected chi connectivity index (χ0v) is 12.2. The van der Waals surface area contributed by atoms with Gasteiger partial charge in [-0.1, -0.05) is 36.4 Å². The van der Waals surface area contributed by atoms with Gasteiger partial charge in [-0.05, 0) is 54.0 Å². The number of hydrogen-bond acceptors (Lipinski definition) is 2. The second kappa shape index (κ2) is 7.12. The summed E-state index contributed by atoms with van der Waals surface area (Å²) in [4.78, 5) is 0. The summed E-state index contributed by atoms with van der Waals surface area (Å²) in [5.41, 5.74) is 3.69. The molecule has 0 saturated heterocycles. The number of nitriles is 1. The van der Waals surface area contributed by atoms with Gasteiger partial charge in [0.15, 0.2) is 0 Å². The summed E-state index contributed by atoms with van der Waals surface area (Å²) >= 11 is 0. The first-order valence-corrected chi connectivity index (χ1v) is 6.72. The van der Waals surface area contributed by atoms with Crippen molar-refractivity contribution in [3.8, 4) is 11.8 Å². The largest absolute Gasteiger partial charge is 0.497 e. The highest BCUT2D eigenvalue weighted by Crippen LogP contribution is 2.20. The molecule has 2 heteroatoms. The molecular weight excluding hydrogens is 258 g/mol. The summed E-state index contributed by atoms with van der Waals surface area (Å²) < 4.78 is 5.13. The number of rotatable bonds is 4. The number of methoxy groups -OCH3 is 1. The van der Waals surface area contributed by atoms with E-state index in [0.717, 1.165) is 22.4 Å². The minimum Gasteiger partial charge on any atom is -0.497 e. The van der Waals surface area contributed by atoms with Crippen LogP contribution < -0.4 is 4.74 Å². The van der Waals surface area contributed by atoms with Gasteiger partial charge < -0.3 is 4.74 Å². The van der Waals surface area contributed by atoms with Gasteiger partial charge in [0, 0.05) is 0 Å². The van der Waals surface area contributed by atoms with E-state index in [1.54, 1.807) is 7.11 Å². The average Bonchev–Trinajstić information content (AvgIpc) is 2.53. The normalized spacial score (nSPS) is 11.9. The standard InChI is InChI=1S/C19H17NO/c1-15(12-16-6-4-3-5-7-16)13-18(14-20)17-8-10-19(21-2)11-9-17/h3-13H,1-2H3. The van der Waals surface area contributed by atoms with E-state index in [2.05, 4.69) is 12.1 Å². The van der Waals surface area contributed by atoms with Crippen LogP contribution in [0.2, 0.25) is 0 Å². The lowest BCUT2D eigenvalue weighted by atomic mass is 10.0. The quantitative estimate of drug-likeness (QED) is 0.598. The number of benzene rings is 2. The van der Waals surface area contributed by atoms with E-state index in [4.69, 9.17) is 4.74 Å². The average molecular weight is 275 g/mol. The van der Waals surface area contributed by atoms with E-state index < -0.39 is 0 Å². The topological polar surface area (TPSA) is 33.0 Å². The molecule has 2 aromatic carbocycles. The summed E-state index contributed by atoms with van der Waals surface area (Å²) in [5.74, 6) is 0.785. The Kier molecular flexibility index (Phi) is 4.95. The highest BCUT2D eigenvalue weighted by molar-refractivity contribution is 5.80. The molecule has 0 fully saturated rings. The Morgan fingerprint density at radius 3 is 2.29 bits per heavy atom. The molecule has 2 rings (SSSR count). The lowest BCUT2D eigenvalue weighted by Gasteiger charge is -2.03. The van der Waals surface area contributed by atoms with Crippen LogP contribution in [0.5, 0.6) is 5.75 Å². The highest BCUT2D eigenvalue weighted by atomic mass is 16.5. The van der Waals surface area contributed by atoms with Gasteiger partial charge in [-0.2, -0.15) is 5.26 Å². The van der Waals surface area contributed by atoms with Crippen molar-refractivity contribution in [2.45, 2.75) is 6.92 Å². The third-order valence-electron chi connectivity index (χ3n) is 3.09. The van der Waals surface area contributed by atoms with Crippen molar-refractivity contribution in [1.29, 1.82) is 5.26 Å². The van der Waals surface area contributed by atoms with Crippen LogP contribution in [0.15, 0.2) is 66.2 Å². The number of nitrogens with zero attached hydrogens (tertiary/aromatic N) is 1. The Bertz CT molecular complexity index is 689. The monoisotopic (exact) mass is 275 g/mol. The third kappa shape index (κ3) is 4.09. The van der Waals surface area contributed by atoms with E-state index in [1.807, 2.05) is 67.6 Å². The van der Waals surface area contributed by atoms with Crippen LogP contribution in [0.3, 0.4) is 0 Å². The molecule has 0 amide bonds. The maximum absolute atomic E-state index is 9.34. The molecular formula is C19H17NO. The van der Waals surface area contributed by atoms with Crippen LogP contribution in [0.4, 0.5) is 0 Å². The van der Waals surface area contributed by atoms with Gasteiger partial charge in [-0.3, -0.25) is 0 Å². The first-order chi connectivity index (χ1) is 10.2. The predicted molar refractivity (Wildman–Crippen MR) is 86.7 cm³/mol. The summed E-state index contributed by atoms with van der Waals surface area (Å²) in [6.07, 6.45) is 3.95. The van der Waals surface area contributed by atoms with Crippen molar-refractivity contribution in [2.75, 3.05) is 7.11 Å². The second-order valence-corrected chi connectivity index (χ2v) is 4.70. The first-order valence-electron chi connectivity index (χ1n) is 6.72.